The lowest BCUT2D eigenvalue weighted by Gasteiger charge is -1.92. The maximum absolute atomic E-state index is 12.4. The molecular weight excluding hydrogens is 119 g/mol. The molecule has 0 bridgehead atoms. The summed E-state index contributed by atoms with van der Waals surface area (Å²) in [7, 11) is 0. The molecule has 0 N–H and O–H groups in total. The summed E-state index contributed by atoms with van der Waals surface area (Å²) in [6.45, 7) is -0.479. The highest BCUT2D eigenvalue weighted by molar-refractivity contribution is 5.15. The highest BCUT2D eigenvalue weighted by Crippen LogP contribution is 2.04. The largest absolute Gasteiger partial charge is 0.231 e. The van der Waals surface area contributed by atoms with E-state index < -0.39 is 12.4 Å². The summed E-state index contributed by atoms with van der Waals surface area (Å²) in [4.78, 5) is 0. The highest BCUT2D eigenvalue weighted by atomic mass is 19.1. The lowest BCUT2D eigenvalue weighted by atomic mass is 10.2. The quantitative estimate of drug-likeness (QED) is 0.545. The molecule has 1 radical (unpaired) electrons. The van der Waals surface area contributed by atoms with Gasteiger partial charge in [-0.3, -0.25) is 0 Å². The molecule has 0 aliphatic heterocycles. The molecule has 0 aromatic heterocycles. The van der Waals surface area contributed by atoms with Crippen molar-refractivity contribution < 1.29 is 9.50 Å². The Balaban J connectivity index is 3.01. The molecule has 0 amide bonds. The van der Waals surface area contributed by atoms with Gasteiger partial charge in [-0.1, -0.05) is 18.2 Å². The van der Waals surface area contributed by atoms with E-state index in [1.54, 1.807) is 12.1 Å². The van der Waals surface area contributed by atoms with Crippen LogP contribution in [-0.2, 0) is 11.7 Å². The SMILES string of the molecule is [O]Cc1ccccc1F. The van der Waals surface area contributed by atoms with E-state index in [2.05, 4.69) is 0 Å². The normalized spacial score (nSPS) is 9.56. The van der Waals surface area contributed by atoms with Gasteiger partial charge in [0.05, 0.1) is 0 Å². The van der Waals surface area contributed by atoms with Crippen LogP contribution in [-0.4, -0.2) is 0 Å². The van der Waals surface area contributed by atoms with E-state index in [9.17, 15) is 9.50 Å². The first-order chi connectivity index (χ1) is 4.34. The Kier molecular flexibility index (Phi) is 1.80. The molecule has 0 atom stereocenters. The fourth-order valence-electron chi connectivity index (χ4n) is 0.615. The van der Waals surface area contributed by atoms with Crippen molar-refractivity contribution in [2.75, 3.05) is 0 Å². The smallest absolute Gasteiger partial charge is 0.128 e. The second-order valence-corrected chi connectivity index (χ2v) is 1.74. The van der Waals surface area contributed by atoms with Crippen molar-refractivity contribution >= 4 is 0 Å². The van der Waals surface area contributed by atoms with Crippen LogP contribution in [0.15, 0.2) is 24.3 Å². The molecular formula is C7H6FO. The van der Waals surface area contributed by atoms with E-state index in [1.165, 1.54) is 12.1 Å². The molecule has 47 valence electrons. The van der Waals surface area contributed by atoms with Gasteiger partial charge in [0.15, 0.2) is 0 Å². The Morgan fingerprint density at radius 3 is 2.44 bits per heavy atom. The third-order valence-corrected chi connectivity index (χ3v) is 1.11. The van der Waals surface area contributed by atoms with E-state index in [4.69, 9.17) is 0 Å². The summed E-state index contributed by atoms with van der Waals surface area (Å²) in [5, 5.41) is 10.1. The predicted molar refractivity (Wildman–Crippen MR) is 30.8 cm³/mol. The van der Waals surface area contributed by atoms with Crippen molar-refractivity contribution in [1.29, 1.82) is 0 Å². The Hall–Kier alpha value is -0.890. The molecule has 1 rings (SSSR count). The van der Waals surface area contributed by atoms with Crippen LogP contribution in [0.3, 0.4) is 0 Å². The van der Waals surface area contributed by atoms with Gasteiger partial charge in [0, 0.05) is 5.56 Å². The van der Waals surface area contributed by atoms with Gasteiger partial charge in [0.25, 0.3) is 0 Å². The molecule has 0 spiro atoms. The molecule has 0 unspecified atom stereocenters. The molecule has 0 saturated carbocycles. The number of rotatable bonds is 1. The lowest BCUT2D eigenvalue weighted by Crippen LogP contribution is -1.85. The number of hydrogen-bond donors (Lipinski definition) is 0. The van der Waals surface area contributed by atoms with Gasteiger partial charge in [-0.15, -0.1) is 0 Å². The van der Waals surface area contributed by atoms with Crippen molar-refractivity contribution in [1.82, 2.24) is 0 Å². The van der Waals surface area contributed by atoms with Crippen LogP contribution in [0.4, 0.5) is 4.39 Å². The van der Waals surface area contributed by atoms with E-state index in [1.807, 2.05) is 0 Å². The molecule has 0 saturated heterocycles. The summed E-state index contributed by atoms with van der Waals surface area (Å²) >= 11 is 0. The molecule has 1 aromatic carbocycles. The molecule has 0 aliphatic rings. The third kappa shape index (κ3) is 1.27. The van der Waals surface area contributed by atoms with Crippen LogP contribution in [0.5, 0.6) is 0 Å². The van der Waals surface area contributed by atoms with E-state index >= 15 is 0 Å². The highest BCUT2D eigenvalue weighted by Gasteiger charge is 1.96. The average Bonchev–Trinajstić information content (AvgIpc) is 1.89. The fourth-order valence-corrected chi connectivity index (χ4v) is 0.615. The molecule has 9 heavy (non-hydrogen) atoms. The zero-order valence-corrected chi connectivity index (χ0v) is 4.80. The van der Waals surface area contributed by atoms with Crippen LogP contribution in [0, 0.1) is 5.82 Å². The van der Waals surface area contributed by atoms with Crippen molar-refractivity contribution in [2.24, 2.45) is 0 Å². The van der Waals surface area contributed by atoms with Crippen molar-refractivity contribution in [2.45, 2.75) is 6.61 Å². The van der Waals surface area contributed by atoms with Crippen LogP contribution < -0.4 is 0 Å². The van der Waals surface area contributed by atoms with Gasteiger partial charge in [-0.05, 0) is 6.07 Å². The summed E-state index contributed by atoms with van der Waals surface area (Å²) in [5.41, 5.74) is 0.234. The van der Waals surface area contributed by atoms with Gasteiger partial charge in [0.2, 0.25) is 0 Å². The average molecular weight is 125 g/mol. The molecule has 0 aliphatic carbocycles. The van der Waals surface area contributed by atoms with Gasteiger partial charge in [0.1, 0.15) is 12.4 Å². The van der Waals surface area contributed by atoms with E-state index in [-0.39, 0.29) is 5.56 Å². The zero-order chi connectivity index (χ0) is 6.69. The molecule has 1 nitrogen and oxygen atoms in total. The van der Waals surface area contributed by atoms with Gasteiger partial charge in [-0.2, -0.15) is 0 Å². The Morgan fingerprint density at radius 2 is 2.00 bits per heavy atom. The van der Waals surface area contributed by atoms with Crippen LogP contribution in [0.2, 0.25) is 0 Å². The number of benzene rings is 1. The summed E-state index contributed by atoms with van der Waals surface area (Å²) in [6.07, 6.45) is 0. The van der Waals surface area contributed by atoms with Gasteiger partial charge in [-0.25, -0.2) is 9.50 Å². The fraction of sp³-hybridized carbons (Fsp3) is 0.143. The summed E-state index contributed by atoms with van der Waals surface area (Å²) < 4.78 is 12.4. The third-order valence-electron chi connectivity index (χ3n) is 1.11. The monoisotopic (exact) mass is 125 g/mol. The zero-order valence-electron chi connectivity index (χ0n) is 4.80. The van der Waals surface area contributed by atoms with Crippen molar-refractivity contribution in [3.8, 4) is 0 Å². The Bertz CT molecular complexity index is 198. The van der Waals surface area contributed by atoms with Crippen molar-refractivity contribution in [3.63, 3.8) is 0 Å². The summed E-state index contributed by atoms with van der Waals surface area (Å²) in [6, 6.07) is 5.99. The minimum absolute atomic E-state index is 0.234. The maximum atomic E-state index is 12.4. The van der Waals surface area contributed by atoms with Crippen molar-refractivity contribution in [3.05, 3.63) is 35.6 Å². The second-order valence-electron chi connectivity index (χ2n) is 1.74. The standard InChI is InChI=1S/C7H6FO/c8-7-4-2-1-3-6(7)5-9/h1-4H,5H2. The first kappa shape index (κ1) is 6.23. The molecule has 2 heteroatoms. The minimum Gasteiger partial charge on any atom is -0.231 e. The topological polar surface area (TPSA) is 19.9 Å². The molecule has 1 aromatic rings. The maximum Gasteiger partial charge on any atom is 0.128 e. The van der Waals surface area contributed by atoms with Crippen LogP contribution in [0.25, 0.3) is 0 Å². The first-order valence-electron chi connectivity index (χ1n) is 2.66. The summed E-state index contributed by atoms with van der Waals surface area (Å²) in [5.74, 6) is -0.410. The van der Waals surface area contributed by atoms with Gasteiger partial charge >= 0.3 is 0 Å². The minimum atomic E-state index is -0.479. The first-order valence-corrected chi connectivity index (χ1v) is 2.66. The number of halogens is 1. The van der Waals surface area contributed by atoms with Crippen LogP contribution in [0.1, 0.15) is 5.56 Å². The van der Waals surface area contributed by atoms with Gasteiger partial charge < -0.3 is 0 Å². The number of hydrogen-bond acceptors (Lipinski definition) is 0. The van der Waals surface area contributed by atoms with E-state index in [0.29, 0.717) is 0 Å². The second kappa shape index (κ2) is 2.60. The Morgan fingerprint density at radius 1 is 1.33 bits per heavy atom. The molecule has 0 heterocycles. The predicted octanol–water partition coefficient (Wildman–Crippen LogP) is 1.76. The van der Waals surface area contributed by atoms with Crippen LogP contribution >= 0.6 is 0 Å². The Labute approximate surface area is 52.8 Å². The molecule has 0 fully saturated rings. The lowest BCUT2D eigenvalue weighted by molar-refractivity contribution is 0.174. The van der Waals surface area contributed by atoms with E-state index in [0.717, 1.165) is 0 Å².